The zero-order valence-electron chi connectivity index (χ0n) is 30.9. The van der Waals surface area contributed by atoms with Gasteiger partial charge in [0.25, 0.3) is 0 Å². The second-order valence-electron chi connectivity index (χ2n) is 15.3. The maximum Gasteiger partial charge on any atom is 0.328 e. The number of aromatic hydroxyl groups is 1. The highest BCUT2D eigenvalue weighted by Gasteiger charge is 2.35. The van der Waals surface area contributed by atoms with E-state index in [9.17, 15) is 19.1 Å². The van der Waals surface area contributed by atoms with Crippen LogP contribution in [0.3, 0.4) is 0 Å². The summed E-state index contributed by atoms with van der Waals surface area (Å²) in [6, 6.07) is 10.1. The minimum atomic E-state index is -0.777. The number of benzene rings is 3. The van der Waals surface area contributed by atoms with E-state index < -0.39 is 23.5 Å². The van der Waals surface area contributed by atoms with E-state index in [2.05, 4.69) is 36.3 Å². The van der Waals surface area contributed by atoms with Gasteiger partial charge < -0.3 is 20.1 Å². The number of ether oxygens (including phenoxy) is 1. The van der Waals surface area contributed by atoms with Crippen molar-refractivity contribution in [3.05, 3.63) is 77.2 Å². The molecule has 292 valence electrons. The number of nitrogens with zero attached hydrogens (tertiary/aromatic N) is 6. The molecule has 2 bridgehead atoms. The summed E-state index contributed by atoms with van der Waals surface area (Å²) in [4.78, 5) is 43.3. The van der Waals surface area contributed by atoms with Crippen LogP contribution < -0.4 is 25.2 Å². The Labute approximate surface area is 326 Å². The normalized spacial score (nSPS) is 20.3. The number of piperazine rings is 1. The highest BCUT2D eigenvalue weighted by Crippen LogP contribution is 2.39. The van der Waals surface area contributed by atoms with Crippen molar-refractivity contribution >= 4 is 45.1 Å². The molecule has 4 saturated heterocycles. The van der Waals surface area contributed by atoms with Gasteiger partial charge >= 0.3 is 12.0 Å². The molecule has 0 spiro atoms. The summed E-state index contributed by atoms with van der Waals surface area (Å²) in [5.41, 5.74) is 0.815. The van der Waals surface area contributed by atoms with Crippen LogP contribution in [0.25, 0.3) is 32.9 Å². The van der Waals surface area contributed by atoms with Crippen molar-refractivity contribution in [1.82, 2.24) is 30.5 Å². The Morgan fingerprint density at radius 3 is 2.47 bits per heavy atom. The first kappa shape index (κ1) is 36.6. The Hall–Kier alpha value is -5.98. The fraction of sp³-hybridized carbons (Fsp3) is 0.357. The number of rotatable bonds is 8. The second-order valence-corrected chi connectivity index (χ2v) is 15.3. The fourth-order valence-electron chi connectivity index (χ4n) is 8.63. The van der Waals surface area contributed by atoms with E-state index in [-0.39, 0.29) is 83.0 Å². The second kappa shape index (κ2) is 14.8. The molecule has 3 N–H and O–H groups in total. The van der Waals surface area contributed by atoms with Crippen molar-refractivity contribution in [2.45, 2.75) is 50.7 Å². The van der Waals surface area contributed by atoms with E-state index in [1.165, 1.54) is 41.4 Å². The Morgan fingerprint density at radius 2 is 1.74 bits per heavy atom. The number of piperidine rings is 1. The predicted molar refractivity (Wildman–Crippen MR) is 207 cm³/mol. The number of carbonyl (C=O) groups excluding carboxylic acids is 2. The fourth-order valence-corrected chi connectivity index (χ4v) is 8.63. The molecular formula is C42H39F3N8O4. The van der Waals surface area contributed by atoms with Crippen LogP contribution in [0.15, 0.2) is 48.7 Å². The summed E-state index contributed by atoms with van der Waals surface area (Å²) >= 11 is 0. The molecule has 57 heavy (non-hydrogen) atoms. The standard InChI is InChI=1S/C42H39F3N8O4/c1-2-30-33(43)8-4-24-15-29(54)17-31(36(24)30)38-37(45)39-32(18-46-38)40(52-20-26-5-6-27(21-52)47-26)50-41(49-39)57-22-23-9-12-51(13-10-23)19-25-3-7-28(16-34(25)44)53-14-11-35(55)48-42(53)56/h1,3-4,7-8,15-18,23,26-27,47,54H,5-6,9-14,19-22H2,(H,48,55,56)/t26-,27+. The van der Waals surface area contributed by atoms with Crippen LogP contribution in [-0.2, 0) is 11.3 Å². The van der Waals surface area contributed by atoms with Crippen molar-refractivity contribution in [1.29, 1.82) is 0 Å². The number of urea groups is 1. The first-order valence-electron chi connectivity index (χ1n) is 19.2. The van der Waals surface area contributed by atoms with Gasteiger partial charge in [-0.15, -0.1) is 6.42 Å². The summed E-state index contributed by atoms with van der Waals surface area (Å²) in [6.45, 7) is 3.61. The van der Waals surface area contributed by atoms with Crippen LogP contribution in [-0.4, -0.2) is 88.3 Å². The zero-order chi connectivity index (χ0) is 39.4. The van der Waals surface area contributed by atoms with Crippen molar-refractivity contribution < 1.29 is 32.6 Å². The minimum Gasteiger partial charge on any atom is -0.508 e. The molecule has 4 aliphatic heterocycles. The molecule has 12 nitrogen and oxygen atoms in total. The Kier molecular flexibility index (Phi) is 9.54. The van der Waals surface area contributed by atoms with E-state index in [0.29, 0.717) is 60.6 Å². The molecule has 2 aromatic heterocycles. The molecule has 4 fully saturated rings. The SMILES string of the molecule is C#Cc1c(F)ccc2cc(O)cc(-c3ncc4c(N5C[C@H]6CC[C@@H](C5)N6)nc(OCC5CCN(Cc6ccc(N7CCC(=O)NC7=O)cc6F)CC5)nc4c3F)c12. The molecule has 0 aliphatic carbocycles. The predicted octanol–water partition coefficient (Wildman–Crippen LogP) is 5.63. The minimum absolute atomic E-state index is 0.0155. The van der Waals surface area contributed by atoms with Crippen LogP contribution in [0.1, 0.15) is 43.2 Å². The summed E-state index contributed by atoms with van der Waals surface area (Å²) in [5, 5.41) is 17.6. The van der Waals surface area contributed by atoms with Crippen LogP contribution in [0.5, 0.6) is 11.8 Å². The van der Waals surface area contributed by atoms with Gasteiger partial charge in [0.2, 0.25) is 5.91 Å². The average Bonchev–Trinajstić information content (AvgIpc) is 3.54. The number of hydrogen-bond donors (Lipinski definition) is 3. The number of aromatic nitrogens is 3. The number of amides is 3. The number of halogens is 3. The van der Waals surface area contributed by atoms with Crippen molar-refractivity contribution in [2.75, 3.05) is 49.1 Å². The first-order chi connectivity index (χ1) is 27.6. The van der Waals surface area contributed by atoms with E-state index >= 15 is 8.78 Å². The van der Waals surface area contributed by atoms with Crippen LogP contribution in [0.4, 0.5) is 29.5 Å². The maximum absolute atomic E-state index is 16.9. The van der Waals surface area contributed by atoms with Gasteiger partial charge in [-0.05, 0) is 80.4 Å². The van der Waals surface area contributed by atoms with Gasteiger partial charge in [0.1, 0.15) is 34.4 Å². The largest absolute Gasteiger partial charge is 0.508 e. The van der Waals surface area contributed by atoms with Crippen LogP contribution >= 0.6 is 0 Å². The number of terminal acetylenes is 1. The van der Waals surface area contributed by atoms with Gasteiger partial charge in [0, 0.05) is 73.1 Å². The molecule has 6 heterocycles. The molecule has 3 amide bonds. The molecule has 3 aromatic carbocycles. The third kappa shape index (κ3) is 7.04. The van der Waals surface area contributed by atoms with Crippen molar-refractivity contribution in [3.63, 3.8) is 0 Å². The van der Waals surface area contributed by atoms with E-state index in [1.807, 2.05) is 0 Å². The summed E-state index contributed by atoms with van der Waals surface area (Å²) < 4.78 is 53.3. The summed E-state index contributed by atoms with van der Waals surface area (Å²) in [6.07, 6.45) is 11.0. The number of likely N-dealkylation sites (tertiary alicyclic amines) is 1. The lowest BCUT2D eigenvalue weighted by Crippen LogP contribution is -2.51. The van der Waals surface area contributed by atoms with Gasteiger partial charge in [0.05, 0.1) is 17.6 Å². The average molecular weight is 777 g/mol. The quantitative estimate of drug-likeness (QED) is 0.170. The third-order valence-electron chi connectivity index (χ3n) is 11.6. The molecule has 5 aromatic rings. The number of phenols is 1. The van der Waals surface area contributed by atoms with Gasteiger partial charge in [0.15, 0.2) is 5.82 Å². The molecule has 0 radical (unpaired) electrons. The number of imide groups is 1. The number of anilines is 2. The monoisotopic (exact) mass is 776 g/mol. The topological polar surface area (TPSA) is 136 Å². The highest BCUT2D eigenvalue weighted by molar-refractivity contribution is 6.06. The Morgan fingerprint density at radius 1 is 0.947 bits per heavy atom. The molecule has 15 heteroatoms. The van der Waals surface area contributed by atoms with E-state index in [0.717, 1.165) is 25.7 Å². The van der Waals surface area contributed by atoms with Crippen LogP contribution in [0, 0.1) is 35.7 Å². The molecule has 4 aliphatic rings. The summed E-state index contributed by atoms with van der Waals surface area (Å²) in [5.74, 6) is 0.673. The van der Waals surface area contributed by atoms with Gasteiger partial charge in [-0.25, -0.2) is 18.0 Å². The number of nitrogens with one attached hydrogen (secondary N) is 2. The molecule has 0 saturated carbocycles. The zero-order valence-corrected chi connectivity index (χ0v) is 30.9. The molecule has 0 unspecified atom stereocenters. The lowest BCUT2D eigenvalue weighted by atomic mass is 9.96. The molecule has 9 rings (SSSR count). The Bertz CT molecular complexity index is 2470. The van der Waals surface area contributed by atoms with E-state index in [4.69, 9.17) is 16.1 Å². The first-order valence-corrected chi connectivity index (χ1v) is 19.2. The third-order valence-corrected chi connectivity index (χ3v) is 11.6. The van der Waals surface area contributed by atoms with Crippen LogP contribution in [0.2, 0.25) is 0 Å². The number of carbonyl (C=O) groups is 2. The van der Waals surface area contributed by atoms with Gasteiger partial charge in [-0.1, -0.05) is 18.1 Å². The van der Waals surface area contributed by atoms with Gasteiger partial charge in [-0.3, -0.25) is 24.9 Å². The smallest absolute Gasteiger partial charge is 0.328 e. The number of fused-ring (bicyclic) bond motifs is 4. The lowest BCUT2D eigenvalue weighted by molar-refractivity contribution is -0.120. The number of pyridine rings is 1. The van der Waals surface area contributed by atoms with E-state index in [1.54, 1.807) is 12.1 Å². The van der Waals surface area contributed by atoms with Crippen molar-refractivity contribution in [3.8, 4) is 35.4 Å². The number of phenolic OH excluding ortho intramolecular Hbond substituents is 1. The summed E-state index contributed by atoms with van der Waals surface area (Å²) in [7, 11) is 0. The van der Waals surface area contributed by atoms with Crippen molar-refractivity contribution in [2.24, 2.45) is 5.92 Å². The Balaban J connectivity index is 0.950. The molecular weight excluding hydrogens is 738 g/mol. The maximum atomic E-state index is 16.9. The lowest BCUT2D eigenvalue weighted by Gasteiger charge is -2.34. The molecule has 2 atom stereocenters. The van der Waals surface area contributed by atoms with Gasteiger partial charge in [-0.2, -0.15) is 9.97 Å². The highest BCUT2D eigenvalue weighted by atomic mass is 19.1. The number of hydrogen-bond acceptors (Lipinski definition) is 10.